The monoisotopic (exact) mass is 544 g/mol. The van der Waals surface area contributed by atoms with Crippen LogP contribution in [0.2, 0.25) is 0 Å². The van der Waals surface area contributed by atoms with Crippen molar-refractivity contribution in [2.24, 2.45) is 17.8 Å². The molecule has 3 heterocycles. The number of allylic oxidation sites excluding steroid dienone is 1. The number of hydrogen-bond donors (Lipinski definition) is 1. The number of carbonyl (C=O) groups excluding carboxylic acids is 3. The summed E-state index contributed by atoms with van der Waals surface area (Å²) in [6, 6.07) is -1.36. The largest absolute Gasteiger partial charge is 0.465 e. The van der Waals surface area contributed by atoms with E-state index in [-0.39, 0.29) is 37.0 Å². The molecule has 39 heavy (non-hydrogen) atoms. The van der Waals surface area contributed by atoms with Crippen molar-refractivity contribution in [3.05, 3.63) is 25.3 Å². The van der Waals surface area contributed by atoms with E-state index in [0.717, 1.165) is 51.4 Å². The van der Waals surface area contributed by atoms with Crippen LogP contribution in [0.25, 0.3) is 0 Å². The summed E-state index contributed by atoms with van der Waals surface area (Å²) in [5, 5.41) is 10.3. The SMILES string of the molecule is C=CCCCCOC(=O)[C@@H]1[C@H]2C(=O)N([C@@H](CC)CO)C(C(=O)N(CC=C)C3CCCCC3)C23CC(C)[C@@]1(C)O3. The third kappa shape index (κ3) is 4.96. The van der Waals surface area contributed by atoms with Crippen molar-refractivity contribution < 1.29 is 29.0 Å². The van der Waals surface area contributed by atoms with E-state index in [1.54, 1.807) is 11.0 Å². The number of rotatable bonds is 13. The third-order valence-corrected chi connectivity index (χ3v) is 9.99. The predicted octanol–water partition coefficient (Wildman–Crippen LogP) is 4.01. The molecule has 4 aliphatic rings. The zero-order valence-electron chi connectivity index (χ0n) is 24.1. The van der Waals surface area contributed by atoms with Gasteiger partial charge in [0.15, 0.2) is 0 Å². The van der Waals surface area contributed by atoms with Gasteiger partial charge in [0.05, 0.1) is 30.8 Å². The molecule has 3 aliphatic heterocycles. The first-order chi connectivity index (χ1) is 18.7. The fourth-order valence-corrected chi connectivity index (χ4v) is 7.88. The Hall–Kier alpha value is -2.19. The molecule has 0 aromatic rings. The first-order valence-corrected chi connectivity index (χ1v) is 15.0. The Balaban J connectivity index is 1.72. The van der Waals surface area contributed by atoms with E-state index in [0.29, 0.717) is 19.4 Å². The van der Waals surface area contributed by atoms with Crippen LogP contribution in [0.5, 0.6) is 0 Å². The van der Waals surface area contributed by atoms with Gasteiger partial charge < -0.3 is 24.4 Å². The van der Waals surface area contributed by atoms with Gasteiger partial charge in [-0.1, -0.05) is 45.3 Å². The van der Waals surface area contributed by atoms with E-state index >= 15 is 0 Å². The number of unbranched alkanes of at least 4 members (excludes halogenated alkanes) is 2. The lowest BCUT2D eigenvalue weighted by Gasteiger charge is -2.42. The summed E-state index contributed by atoms with van der Waals surface area (Å²) in [7, 11) is 0. The lowest BCUT2D eigenvalue weighted by Crippen LogP contribution is -2.60. The molecule has 4 rings (SSSR count). The average Bonchev–Trinajstić information content (AvgIpc) is 3.45. The van der Waals surface area contributed by atoms with Crippen molar-refractivity contribution in [3.63, 3.8) is 0 Å². The van der Waals surface area contributed by atoms with Crippen molar-refractivity contribution >= 4 is 17.8 Å². The molecule has 2 bridgehead atoms. The molecule has 1 spiro atoms. The van der Waals surface area contributed by atoms with E-state index in [4.69, 9.17) is 9.47 Å². The van der Waals surface area contributed by atoms with Crippen LogP contribution in [0.4, 0.5) is 0 Å². The van der Waals surface area contributed by atoms with Gasteiger partial charge in [0.2, 0.25) is 11.8 Å². The summed E-state index contributed by atoms with van der Waals surface area (Å²) in [6.45, 7) is 13.9. The van der Waals surface area contributed by atoms with Crippen molar-refractivity contribution in [3.8, 4) is 0 Å². The van der Waals surface area contributed by atoms with Gasteiger partial charge in [0, 0.05) is 12.6 Å². The minimum atomic E-state index is -1.13. The van der Waals surface area contributed by atoms with E-state index in [1.807, 2.05) is 31.7 Å². The molecule has 8 nitrogen and oxygen atoms in total. The van der Waals surface area contributed by atoms with Crippen molar-refractivity contribution in [1.29, 1.82) is 0 Å². The van der Waals surface area contributed by atoms with Crippen molar-refractivity contribution in [2.45, 2.75) is 114 Å². The van der Waals surface area contributed by atoms with Crippen molar-refractivity contribution in [1.82, 2.24) is 9.80 Å². The van der Waals surface area contributed by atoms with E-state index in [2.05, 4.69) is 13.2 Å². The number of ether oxygens (including phenoxy) is 2. The fourth-order valence-electron chi connectivity index (χ4n) is 7.88. The minimum absolute atomic E-state index is 0.0492. The highest BCUT2D eigenvalue weighted by atomic mass is 16.6. The number of aliphatic hydroxyl groups excluding tert-OH is 1. The summed E-state index contributed by atoms with van der Waals surface area (Å²) in [5.74, 6) is -2.52. The van der Waals surface area contributed by atoms with Crippen LogP contribution < -0.4 is 0 Å². The third-order valence-electron chi connectivity index (χ3n) is 9.99. The molecular weight excluding hydrogens is 496 g/mol. The smallest absolute Gasteiger partial charge is 0.312 e. The standard InChI is InChI=1S/C31H48N2O6/c1-6-9-10-14-18-38-29(37)25-24-27(35)33(22(8-3)20-34)26(31(24)19-21(4)30(25,5)39-31)28(36)32(17-7-2)23-15-12-11-13-16-23/h6-7,21-26,34H,1-2,8-20H2,3-5H3/t21?,22-,24-,25-,26?,30+,31?/m0/s1. The van der Waals surface area contributed by atoms with Gasteiger partial charge in [0.25, 0.3) is 0 Å². The fraction of sp³-hybridized carbons (Fsp3) is 0.774. The first-order valence-electron chi connectivity index (χ1n) is 15.0. The van der Waals surface area contributed by atoms with Crippen LogP contribution in [-0.4, -0.2) is 81.8 Å². The number of aliphatic hydroxyl groups is 1. The number of likely N-dealkylation sites (tertiary alicyclic amines) is 1. The van der Waals surface area contributed by atoms with Crippen LogP contribution >= 0.6 is 0 Å². The summed E-state index contributed by atoms with van der Waals surface area (Å²) < 4.78 is 12.6. The molecular formula is C31H48N2O6. The summed E-state index contributed by atoms with van der Waals surface area (Å²) in [5.41, 5.74) is -2.04. The number of nitrogens with zero attached hydrogens (tertiary/aromatic N) is 2. The van der Waals surface area contributed by atoms with E-state index in [9.17, 15) is 19.5 Å². The maximum absolute atomic E-state index is 14.6. The molecule has 2 amide bonds. The quantitative estimate of drug-likeness (QED) is 0.214. The van der Waals surface area contributed by atoms with Gasteiger partial charge in [0.1, 0.15) is 17.6 Å². The Bertz CT molecular complexity index is 943. The molecule has 0 aromatic heterocycles. The summed E-state index contributed by atoms with van der Waals surface area (Å²) >= 11 is 0. The van der Waals surface area contributed by atoms with Gasteiger partial charge in [-0.15, -0.1) is 13.2 Å². The second-order valence-corrected chi connectivity index (χ2v) is 12.2. The Kier molecular flexibility index (Phi) is 9.26. The molecule has 218 valence electrons. The molecule has 0 radical (unpaired) electrons. The molecule has 3 saturated heterocycles. The number of fused-ring (bicyclic) bond motifs is 1. The van der Waals surface area contributed by atoms with E-state index in [1.165, 1.54) is 0 Å². The highest BCUT2D eigenvalue weighted by Crippen LogP contribution is 2.65. The Morgan fingerprint density at radius 2 is 1.95 bits per heavy atom. The molecule has 0 aromatic carbocycles. The summed E-state index contributed by atoms with van der Waals surface area (Å²) in [4.78, 5) is 46.0. The van der Waals surface area contributed by atoms with Crippen LogP contribution in [0.1, 0.15) is 85.0 Å². The van der Waals surface area contributed by atoms with E-state index < -0.39 is 41.1 Å². The number of amides is 2. The van der Waals surface area contributed by atoms with Gasteiger partial charge in [-0.2, -0.15) is 0 Å². The minimum Gasteiger partial charge on any atom is -0.465 e. The lowest BCUT2D eigenvalue weighted by atomic mass is 9.62. The highest BCUT2D eigenvalue weighted by molar-refractivity contribution is 5.99. The van der Waals surface area contributed by atoms with Crippen molar-refractivity contribution in [2.75, 3.05) is 19.8 Å². The van der Waals surface area contributed by atoms with Crippen LogP contribution in [-0.2, 0) is 23.9 Å². The van der Waals surface area contributed by atoms with Gasteiger partial charge >= 0.3 is 5.97 Å². The Morgan fingerprint density at radius 3 is 2.56 bits per heavy atom. The van der Waals surface area contributed by atoms with Crippen LogP contribution in [0, 0.1) is 17.8 Å². The molecule has 1 saturated carbocycles. The molecule has 7 atom stereocenters. The lowest BCUT2D eigenvalue weighted by molar-refractivity contribution is -0.164. The second kappa shape index (κ2) is 12.1. The molecule has 4 fully saturated rings. The number of hydrogen-bond acceptors (Lipinski definition) is 6. The Morgan fingerprint density at radius 1 is 1.23 bits per heavy atom. The normalized spacial score (nSPS) is 34.6. The topological polar surface area (TPSA) is 96.4 Å². The van der Waals surface area contributed by atoms with Crippen LogP contribution in [0.15, 0.2) is 25.3 Å². The zero-order valence-corrected chi connectivity index (χ0v) is 24.1. The second-order valence-electron chi connectivity index (χ2n) is 12.2. The number of esters is 1. The Labute approximate surface area is 233 Å². The average molecular weight is 545 g/mol. The predicted molar refractivity (Wildman–Crippen MR) is 149 cm³/mol. The number of carbonyl (C=O) groups is 3. The van der Waals surface area contributed by atoms with Crippen LogP contribution in [0.3, 0.4) is 0 Å². The maximum Gasteiger partial charge on any atom is 0.312 e. The zero-order chi connectivity index (χ0) is 28.4. The van der Waals surface area contributed by atoms with Gasteiger partial charge in [-0.3, -0.25) is 14.4 Å². The summed E-state index contributed by atoms with van der Waals surface area (Å²) in [6.07, 6.45) is 12.1. The molecule has 1 aliphatic carbocycles. The molecule has 8 heteroatoms. The molecule has 1 N–H and O–H groups in total. The maximum atomic E-state index is 14.6. The van der Waals surface area contributed by atoms with Gasteiger partial charge in [-0.25, -0.2) is 0 Å². The highest BCUT2D eigenvalue weighted by Gasteiger charge is 2.80. The molecule has 3 unspecified atom stereocenters. The first kappa shape index (κ1) is 29.8. The van der Waals surface area contributed by atoms with Gasteiger partial charge in [-0.05, 0) is 57.8 Å².